The van der Waals surface area contributed by atoms with Crippen LogP contribution < -0.4 is 10.6 Å². The monoisotopic (exact) mass is 393 g/mol. The Kier molecular flexibility index (Phi) is 6.29. The van der Waals surface area contributed by atoms with Crippen LogP contribution in [0.1, 0.15) is 18.1 Å². The van der Waals surface area contributed by atoms with Crippen LogP contribution in [-0.4, -0.2) is 35.9 Å². The number of carbonyl (C=O) groups excluding carboxylic acids is 3. The molecule has 0 aliphatic rings. The molecule has 7 heteroatoms. The quantitative estimate of drug-likeness (QED) is 0.537. The summed E-state index contributed by atoms with van der Waals surface area (Å²) in [4.78, 5) is 39.0. The maximum Gasteiger partial charge on any atom is 0.328 e. The first-order chi connectivity index (χ1) is 14.0. The van der Waals surface area contributed by atoms with Crippen LogP contribution in [0.4, 0.5) is 5.69 Å². The van der Waals surface area contributed by atoms with Crippen molar-refractivity contribution in [3.8, 4) is 0 Å². The van der Waals surface area contributed by atoms with Crippen molar-refractivity contribution in [3.05, 3.63) is 65.9 Å². The number of nitrogens with one attached hydrogen (secondary N) is 3. The largest absolute Gasteiger partial charge is 0.467 e. The molecule has 0 aliphatic carbocycles. The summed E-state index contributed by atoms with van der Waals surface area (Å²) in [7, 11) is 1.30. The lowest BCUT2D eigenvalue weighted by Gasteiger charge is -2.16. The van der Waals surface area contributed by atoms with Gasteiger partial charge in [-0.25, -0.2) is 4.79 Å². The fourth-order valence-electron chi connectivity index (χ4n) is 3.20. The molecule has 0 unspecified atom stereocenters. The van der Waals surface area contributed by atoms with Gasteiger partial charge in [0.15, 0.2) is 0 Å². The number of anilines is 1. The van der Waals surface area contributed by atoms with Crippen LogP contribution in [0.15, 0.2) is 54.7 Å². The number of methoxy groups -OCH3 is 1. The fourth-order valence-corrected chi connectivity index (χ4v) is 3.20. The normalized spacial score (nSPS) is 11.7. The maximum atomic E-state index is 12.5. The average molecular weight is 393 g/mol. The van der Waals surface area contributed by atoms with Crippen molar-refractivity contribution in [2.45, 2.75) is 25.8 Å². The standard InChI is InChI=1S/C22H23N3O4/c1-14(26)24-17-9-7-15(8-10-17)11-21(27)25-20(22(28)29-2)12-16-13-23-19-6-4-3-5-18(16)19/h3-10,13,20,23H,11-12H2,1-2H3,(H,24,26)(H,25,27)/t20-/m1/s1. The third-order valence-electron chi connectivity index (χ3n) is 4.56. The van der Waals surface area contributed by atoms with Gasteiger partial charge in [0, 0.05) is 36.1 Å². The van der Waals surface area contributed by atoms with Crippen LogP contribution in [0.2, 0.25) is 0 Å². The van der Waals surface area contributed by atoms with Crippen molar-refractivity contribution >= 4 is 34.4 Å². The number of hydrogen-bond donors (Lipinski definition) is 3. The van der Waals surface area contributed by atoms with E-state index in [1.807, 2.05) is 30.5 Å². The molecule has 0 fully saturated rings. The Morgan fingerprint density at radius 2 is 1.79 bits per heavy atom. The first kappa shape index (κ1) is 20.1. The maximum absolute atomic E-state index is 12.5. The van der Waals surface area contributed by atoms with Gasteiger partial charge < -0.3 is 20.4 Å². The number of amides is 2. The summed E-state index contributed by atoms with van der Waals surface area (Å²) in [6.07, 6.45) is 2.28. The highest BCUT2D eigenvalue weighted by atomic mass is 16.5. The SMILES string of the molecule is COC(=O)[C@@H](Cc1c[nH]c2ccccc12)NC(=O)Cc1ccc(NC(C)=O)cc1. The van der Waals surface area contributed by atoms with Crippen LogP contribution in [0, 0.1) is 0 Å². The van der Waals surface area contributed by atoms with Gasteiger partial charge >= 0.3 is 5.97 Å². The van der Waals surface area contributed by atoms with E-state index in [-0.39, 0.29) is 18.2 Å². The molecule has 3 N–H and O–H groups in total. The topological polar surface area (TPSA) is 100 Å². The predicted molar refractivity (Wildman–Crippen MR) is 110 cm³/mol. The fraction of sp³-hybridized carbons (Fsp3) is 0.227. The number of aromatic nitrogens is 1. The molecule has 0 aliphatic heterocycles. The van der Waals surface area contributed by atoms with Gasteiger partial charge in [0.05, 0.1) is 13.5 Å². The lowest BCUT2D eigenvalue weighted by Crippen LogP contribution is -2.43. The molecule has 150 valence electrons. The lowest BCUT2D eigenvalue weighted by molar-refractivity contribution is -0.145. The molecule has 0 saturated carbocycles. The zero-order valence-electron chi connectivity index (χ0n) is 16.3. The van der Waals surface area contributed by atoms with Crippen LogP contribution in [0.25, 0.3) is 10.9 Å². The van der Waals surface area contributed by atoms with Gasteiger partial charge in [-0.3, -0.25) is 9.59 Å². The second-order valence-corrected chi connectivity index (χ2v) is 6.76. The van der Waals surface area contributed by atoms with Gasteiger partial charge in [-0.2, -0.15) is 0 Å². The van der Waals surface area contributed by atoms with Crippen molar-refractivity contribution in [2.75, 3.05) is 12.4 Å². The molecule has 1 aromatic heterocycles. The van der Waals surface area contributed by atoms with E-state index < -0.39 is 12.0 Å². The Balaban J connectivity index is 1.67. The molecule has 0 radical (unpaired) electrons. The van der Waals surface area contributed by atoms with Crippen LogP contribution in [-0.2, 0) is 32.0 Å². The molecule has 2 aromatic carbocycles. The number of esters is 1. The number of rotatable bonds is 7. The number of aromatic amines is 1. The Labute approximate surface area is 168 Å². The summed E-state index contributed by atoms with van der Waals surface area (Å²) in [5.74, 6) is -0.939. The van der Waals surface area contributed by atoms with E-state index in [0.717, 1.165) is 22.0 Å². The van der Waals surface area contributed by atoms with Crippen molar-refractivity contribution < 1.29 is 19.1 Å². The van der Waals surface area contributed by atoms with Crippen LogP contribution in [0.5, 0.6) is 0 Å². The number of carbonyl (C=O) groups is 3. The minimum atomic E-state index is -0.787. The lowest BCUT2D eigenvalue weighted by atomic mass is 10.0. The highest BCUT2D eigenvalue weighted by Gasteiger charge is 2.23. The first-order valence-electron chi connectivity index (χ1n) is 9.25. The molecule has 1 atom stereocenters. The Morgan fingerprint density at radius 1 is 1.07 bits per heavy atom. The van der Waals surface area contributed by atoms with Gasteiger partial charge in [0.25, 0.3) is 0 Å². The number of para-hydroxylation sites is 1. The van der Waals surface area contributed by atoms with E-state index in [2.05, 4.69) is 15.6 Å². The number of H-pyrrole nitrogens is 1. The van der Waals surface area contributed by atoms with E-state index in [0.29, 0.717) is 12.1 Å². The third-order valence-corrected chi connectivity index (χ3v) is 4.56. The molecule has 0 bridgehead atoms. The molecule has 7 nitrogen and oxygen atoms in total. The van der Waals surface area contributed by atoms with Gasteiger partial charge in [0.1, 0.15) is 6.04 Å². The number of ether oxygens (including phenoxy) is 1. The Hall–Kier alpha value is -3.61. The zero-order chi connectivity index (χ0) is 20.8. The van der Waals surface area contributed by atoms with Crippen molar-refractivity contribution in [1.82, 2.24) is 10.3 Å². The number of fused-ring (bicyclic) bond motifs is 1. The van der Waals surface area contributed by atoms with Crippen molar-refractivity contribution in [1.29, 1.82) is 0 Å². The van der Waals surface area contributed by atoms with E-state index in [1.54, 1.807) is 24.3 Å². The molecule has 3 aromatic rings. The third kappa shape index (κ3) is 5.22. The van der Waals surface area contributed by atoms with E-state index in [4.69, 9.17) is 4.74 Å². The van der Waals surface area contributed by atoms with Crippen LogP contribution >= 0.6 is 0 Å². The van der Waals surface area contributed by atoms with E-state index in [9.17, 15) is 14.4 Å². The Morgan fingerprint density at radius 3 is 2.48 bits per heavy atom. The zero-order valence-corrected chi connectivity index (χ0v) is 16.3. The van der Waals surface area contributed by atoms with Crippen molar-refractivity contribution in [3.63, 3.8) is 0 Å². The molecular weight excluding hydrogens is 370 g/mol. The highest BCUT2D eigenvalue weighted by Crippen LogP contribution is 2.19. The predicted octanol–water partition coefficient (Wildman–Crippen LogP) is 2.57. The molecule has 0 spiro atoms. The van der Waals surface area contributed by atoms with E-state index in [1.165, 1.54) is 14.0 Å². The van der Waals surface area contributed by atoms with Gasteiger partial charge in [0.2, 0.25) is 11.8 Å². The minimum absolute atomic E-state index is 0.113. The van der Waals surface area contributed by atoms with Gasteiger partial charge in [-0.1, -0.05) is 30.3 Å². The summed E-state index contributed by atoms with van der Waals surface area (Å²) in [5.41, 5.74) is 3.33. The molecular formula is C22H23N3O4. The van der Waals surface area contributed by atoms with Gasteiger partial charge in [-0.15, -0.1) is 0 Å². The second kappa shape index (κ2) is 9.05. The molecule has 29 heavy (non-hydrogen) atoms. The summed E-state index contributed by atoms with van der Waals surface area (Å²) in [6, 6.07) is 14.0. The summed E-state index contributed by atoms with van der Waals surface area (Å²) in [5, 5.41) is 6.45. The summed E-state index contributed by atoms with van der Waals surface area (Å²) >= 11 is 0. The number of benzene rings is 2. The van der Waals surface area contributed by atoms with Crippen molar-refractivity contribution in [2.24, 2.45) is 0 Å². The molecule has 0 saturated heterocycles. The highest BCUT2D eigenvalue weighted by molar-refractivity contribution is 5.89. The minimum Gasteiger partial charge on any atom is -0.467 e. The average Bonchev–Trinajstić information content (AvgIpc) is 3.11. The first-order valence-corrected chi connectivity index (χ1v) is 9.25. The Bertz CT molecular complexity index is 1020. The summed E-state index contributed by atoms with van der Waals surface area (Å²) in [6.45, 7) is 1.43. The van der Waals surface area contributed by atoms with Crippen LogP contribution in [0.3, 0.4) is 0 Å². The summed E-state index contributed by atoms with van der Waals surface area (Å²) < 4.78 is 4.87. The molecule has 1 heterocycles. The molecule has 2 amide bonds. The smallest absolute Gasteiger partial charge is 0.328 e. The van der Waals surface area contributed by atoms with E-state index >= 15 is 0 Å². The van der Waals surface area contributed by atoms with Gasteiger partial charge in [-0.05, 0) is 29.3 Å². The molecule has 3 rings (SSSR count). The number of hydrogen-bond acceptors (Lipinski definition) is 4. The second-order valence-electron chi connectivity index (χ2n) is 6.76.